The molecule has 0 spiro atoms. The minimum atomic E-state index is 0.422. The van der Waals surface area contributed by atoms with Gasteiger partial charge in [-0.25, -0.2) is 0 Å². The molecule has 1 N–H and O–H groups in total. The second-order valence-electron chi connectivity index (χ2n) is 5.25. The maximum atomic E-state index is 3.77. The van der Waals surface area contributed by atoms with Crippen LogP contribution in [0.1, 0.15) is 39.5 Å². The lowest BCUT2D eigenvalue weighted by Gasteiger charge is -2.33. The van der Waals surface area contributed by atoms with E-state index in [4.69, 9.17) is 0 Å². The molecule has 82 valence electrons. The molecule has 2 heteroatoms. The summed E-state index contributed by atoms with van der Waals surface area (Å²) < 4.78 is 0. The van der Waals surface area contributed by atoms with Gasteiger partial charge >= 0.3 is 0 Å². The molecule has 0 aromatic carbocycles. The molecular weight excluding hydrogens is 172 g/mol. The Labute approximate surface area is 88.1 Å². The van der Waals surface area contributed by atoms with Crippen LogP contribution in [-0.4, -0.2) is 36.6 Å². The number of nitrogens with one attached hydrogen (secondary N) is 1. The number of rotatable bonds is 3. The van der Waals surface area contributed by atoms with Gasteiger partial charge in [-0.2, -0.15) is 0 Å². The highest BCUT2D eigenvalue weighted by atomic mass is 15.2. The largest absolute Gasteiger partial charge is 0.310 e. The number of nitrogens with zero attached hydrogens (tertiary/aromatic N) is 1. The Balaban J connectivity index is 1.95. The zero-order valence-corrected chi connectivity index (χ0v) is 9.68. The molecule has 0 radical (unpaired) electrons. The van der Waals surface area contributed by atoms with Crippen molar-refractivity contribution in [2.75, 3.05) is 26.2 Å². The fourth-order valence-corrected chi connectivity index (χ4v) is 2.78. The fraction of sp³-hybridized carbons (Fsp3) is 1.00. The summed E-state index contributed by atoms with van der Waals surface area (Å²) in [5.41, 5.74) is 0.422. The van der Waals surface area contributed by atoms with Crippen molar-refractivity contribution in [1.82, 2.24) is 10.2 Å². The van der Waals surface area contributed by atoms with Crippen LogP contribution < -0.4 is 5.32 Å². The SMILES string of the molecule is CCCN1CCCNC(C)(C2CC2)C1. The van der Waals surface area contributed by atoms with Crippen LogP contribution in [0.15, 0.2) is 0 Å². The van der Waals surface area contributed by atoms with Crippen LogP contribution in [0.2, 0.25) is 0 Å². The average Bonchev–Trinajstić information content (AvgIpc) is 2.92. The Morgan fingerprint density at radius 3 is 2.86 bits per heavy atom. The van der Waals surface area contributed by atoms with Gasteiger partial charge in [0.15, 0.2) is 0 Å². The molecule has 2 fully saturated rings. The quantitative estimate of drug-likeness (QED) is 0.741. The van der Waals surface area contributed by atoms with Crippen LogP contribution in [0, 0.1) is 5.92 Å². The second kappa shape index (κ2) is 4.19. The van der Waals surface area contributed by atoms with Crippen molar-refractivity contribution in [3.8, 4) is 0 Å². The van der Waals surface area contributed by atoms with Crippen LogP contribution >= 0.6 is 0 Å². The summed E-state index contributed by atoms with van der Waals surface area (Å²) in [6, 6.07) is 0. The molecule has 1 saturated carbocycles. The highest BCUT2D eigenvalue weighted by Gasteiger charge is 2.42. The van der Waals surface area contributed by atoms with Crippen molar-refractivity contribution in [2.24, 2.45) is 5.92 Å². The van der Waals surface area contributed by atoms with E-state index in [1.165, 1.54) is 51.9 Å². The monoisotopic (exact) mass is 196 g/mol. The Morgan fingerprint density at radius 1 is 1.43 bits per heavy atom. The van der Waals surface area contributed by atoms with Crippen molar-refractivity contribution >= 4 is 0 Å². The summed E-state index contributed by atoms with van der Waals surface area (Å²) in [6.45, 7) is 9.78. The van der Waals surface area contributed by atoms with Gasteiger partial charge in [-0.15, -0.1) is 0 Å². The van der Waals surface area contributed by atoms with Crippen LogP contribution in [0.25, 0.3) is 0 Å². The van der Waals surface area contributed by atoms with E-state index < -0.39 is 0 Å². The second-order valence-corrected chi connectivity index (χ2v) is 5.25. The first kappa shape index (κ1) is 10.4. The zero-order chi connectivity index (χ0) is 10.0. The molecular formula is C12H24N2. The van der Waals surface area contributed by atoms with Gasteiger partial charge in [0.05, 0.1) is 0 Å². The summed E-state index contributed by atoms with van der Waals surface area (Å²) in [6.07, 6.45) is 5.51. The van der Waals surface area contributed by atoms with Gasteiger partial charge in [-0.05, 0) is 58.2 Å². The Morgan fingerprint density at radius 2 is 2.21 bits per heavy atom. The molecule has 0 bridgehead atoms. The molecule has 1 heterocycles. The molecule has 14 heavy (non-hydrogen) atoms. The molecule has 0 aromatic rings. The van der Waals surface area contributed by atoms with Gasteiger partial charge in [-0.1, -0.05) is 6.92 Å². The lowest BCUT2D eigenvalue weighted by Crippen LogP contribution is -2.51. The highest BCUT2D eigenvalue weighted by Crippen LogP contribution is 2.40. The summed E-state index contributed by atoms with van der Waals surface area (Å²) in [5.74, 6) is 0.958. The smallest absolute Gasteiger partial charge is 0.0308 e. The van der Waals surface area contributed by atoms with Crippen LogP contribution in [0.4, 0.5) is 0 Å². The molecule has 2 aliphatic rings. The Hall–Kier alpha value is -0.0800. The molecule has 0 amide bonds. The maximum Gasteiger partial charge on any atom is 0.0308 e. The van der Waals surface area contributed by atoms with Gasteiger partial charge in [0, 0.05) is 12.1 Å². The topological polar surface area (TPSA) is 15.3 Å². The molecule has 1 aliphatic carbocycles. The summed E-state index contributed by atoms with van der Waals surface area (Å²) in [4.78, 5) is 2.65. The highest BCUT2D eigenvalue weighted by molar-refractivity contribution is 5.00. The van der Waals surface area contributed by atoms with Gasteiger partial charge in [0.1, 0.15) is 0 Å². The molecule has 0 aromatic heterocycles. The van der Waals surface area contributed by atoms with E-state index >= 15 is 0 Å². The summed E-state index contributed by atoms with van der Waals surface area (Å²) >= 11 is 0. The molecule has 2 nitrogen and oxygen atoms in total. The standard InChI is InChI=1S/C12H24N2/c1-3-8-14-9-4-7-13-12(2,10-14)11-5-6-11/h11,13H,3-10H2,1-2H3. The molecule has 2 rings (SSSR count). The van der Waals surface area contributed by atoms with E-state index in [0.29, 0.717) is 5.54 Å². The minimum absolute atomic E-state index is 0.422. The molecule has 1 aliphatic heterocycles. The fourth-order valence-electron chi connectivity index (χ4n) is 2.78. The number of hydrogen-bond donors (Lipinski definition) is 1. The third-order valence-corrected chi connectivity index (χ3v) is 3.75. The van der Waals surface area contributed by atoms with Gasteiger partial charge < -0.3 is 10.2 Å². The van der Waals surface area contributed by atoms with E-state index in [1.54, 1.807) is 0 Å². The van der Waals surface area contributed by atoms with E-state index in [9.17, 15) is 0 Å². The predicted molar refractivity (Wildman–Crippen MR) is 60.5 cm³/mol. The van der Waals surface area contributed by atoms with Crippen LogP contribution in [0.3, 0.4) is 0 Å². The van der Waals surface area contributed by atoms with Gasteiger partial charge in [0.25, 0.3) is 0 Å². The van der Waals surface area contributed by atoms with E-state index in [2.05, 4.69) is 24.1 Å². The van der Waals surface area contributed by atoms with Crippen molar-refractivity contribution < 1.29 is 0 Å². The third-order valence-electron chi connectivity index (χ3n) is 3.75. The lowest BCUT2D eigenvalue weighted by molar-refractivity contribution is 0.201. The first-order valence-corrected chi connectivity index (χ1v) is 6.22. The summed E-state index contributed by atoms with van der Waals surface area (Å²) in [5, 5.41) is 3.77. The van der Waals surface area contributed by atoms with E-state index in [0.717, 1.165) is 5.92 Å². The van der Waals surface area contributed by atoms with E-state index in [1.807, 2.05) is 0 Å². The van der Waals surface area contributed by atoms with Crippen molar-refractivity contribution in [3.63, 3.8) is 0 Å². The third kappa shape index (κ3) is 2.29. The van der Waals surface area contributed by atoms with Crippen LogP contribution in [0.5, 0.6) is 0 Å². The number of hydrogen-bond acceptors (Lipinski definition) is 2. The van der Waals surface area contributed by atoms with Crippen molar-refractivity contribution in [2.45, 2.75) is 45.1 Å². The van der Waals surface area contributed by atoms with Crippen LogP contribution in [-0.2, 0) is 0 Å². The first-order valence-electron chi connectivity index (χ1n) is 6.22. The Bertz CT molecular complexity index is 189. The normalized spacial score (nSPS) is 35.6. The predicted octanol–water partition coefficient (Wildman–Crippen LogP) is 1.86. The molecule has 1 saturated heterocycles. The molecule has 1 unspecified atom stereocenters. The minimum Gasteiger partial charge on any atom is -0.310 e. The van der Waals surface area contributed by atoms with Crippen molar-refractivity contribution in [1.29, 1.82) is 0 Å². The van der Waals surface area contributed by atoms with Gasteiger partial charge in [0.2, 0.25) is 0 Å². The summed E-state index contributed by atoms with van der Waals surface area (Å²) in [7, 11) is 0. The van der Waals surface area contributed by atoms with E-state index in [-0.39, 0.29) is 0 Å². The van der Waals surface area contributed by atoms with Crippen molar-refractivity contribution in [3.05, 3.63) is 0 Å². The molecule has 1 atom stereocenters. The van der Waals surface area contributed by atoms with Gasteiger partial charge in [-0.3, -0.25) is 0 Å². The maximum absolute atomic E-state index is 3.77. The zero-order valence-electron chi connectivity index (χ0n) is 9.68. The average molecular weight is 196 g/mol. The Kier molecular flexibility index (Phi) is 3.13. The lowest BCUT2D eigenvalue weighted by atomic mass is 9.95. The first-order chi connectivity index (χ1) is 6.74.